The summed E-state index contributed by atoms with van der Waals surface area (Å²) in [4.78, 5) is 37.3. The van der Waals surface area contributed by atoms with E-state index in [0.717, 1.165) is 24.8 Å². The van der Waals surface area contributed by atoms with Gasteiger partial charge >= 0.3 is 18.0 Å². The first kappa shape index (κ1) is 36.5. The van der Waals surface area contributed by atoms with E-state index in [-0.39, 0.29) is 25.2 Å². The van der Waals surface area contributed by atoms with Gasteiger partial charge in [-0.05, 0) is 51.5 Å². The van der Waals surface area contributed by atoms with Crippen molar-refractivity contribution in [1.82, 2.24) is 5.32 Å². The average molecular weight is 606 g/mol. The van der Waals surface area contributed by atoms with Crippen LogP contribution in [0.1, 0.15) is 117 Å². The molecule has 0 saturated carbocycles. The van der Waals surface area contributed by atoms with Gasteiger partial charge in [0, 0.05) is 0 Å². The minimum Gasteiger partial charge on any atom is -0.479 e. The molecule has 244 valence electrons. The zero-order chi connectivity index (χ0) is 31.7. The van der Waals surface area contributed by atoms with E-state index in [1.807, 2.05) is 37.3 Å². The molecule has 1 fully saturated rings. The van der Waals surface area contributed by atoms with Crippen molar-refractivity contribution in [3.05, 3.63) is 35.9 Å². The molecule has 5 atom stereocenters. The third-order valence-corrected chi connectivity index (χ3v) is 7.55. The summed E-state index contributed by atoms with van der Waals surface area (Å²) in [5.41, 5.74) is 0.206. The first-order valence-electron chi connectivity index (χ1n) is 16.2. The number of hydrogen-bond acceptors (Lipinski definition) is 7. The summed E-state index contributed by atoms with van der Waals surface area (Å²) >= 11 is 0. The highest BCUT2D eigenvalue weighted by molar-refractivity contribution is 5.81. The lowest BCUT2D eigenvalue weighted by molar-refractivity contribution is -0.156. The molecule has 1 heterocycles. The Hall–Kier alpha value is -2.65. The van der Waals surface area contributed by atoms with Crippen molar-refractivity contribution < 1.29 is 38.4 Å². The van der Waals surface area contributed by atoms with E-state index in [2.05, 4.69) is 12.2 Å². The fraction of sp³-hybridized carbons (Fsp3) is 0.735. The third kappa shape index (κ3) is 16.1. The van der Waals surface area contributed by atoms with Gasteiger partial charge in [0.2, 0.25) is 0 Å². The number of carboxylic acid groups (broad SMARTS) is 1. The van der Waals surface area contributed by atoms with Gasteiger partial charge in [-0.2, -0.15) is 0 Å². The second-order valence-electron chi connectivity index (χ2n) is 12.8. The third-order valence-electron chi connectivity index (χ3n) is 7.55. The fourth-order valence-corrected chi connectivity index (χ4v) is 5.07. The largest absolute Gasteiger partial charge is 0.479 e. The Labute approximate surface area is 258 Å². The van der Waals surface area contributed by atoms with E-state index in [9.17, 15) is 19.5 Å². The highest BCUT2D eigenvalue weighted by Gasteiger charge is 2.46. The van der Waals surface area contributed by atoms with Crippen molar-refractivity contribution in [2.45, 2.75) is 148 Å². The van der Waals surface area contributed by atoms with E-state index in [0.29, 0.717) is 12.8 Å². The number of alkyl carbamates (subject to hydrolysis) is 1. The van der Waals surface area contributed by atoms with Crippen LogP contribution in [0, 0.1) is 5.92 Å². The molecule has 1 aromatic rings. The van der Waals surface area contributed by atoms with Crippen LogP contribution in [0.25, 0.3) is 0 Å². The van der Waals surface area contributed by atoms with Gasteiger partial charge in [-0.15, -0.1) is 0 Å². The topological polar surface area (TPSA) is 124 Å². The first-order chi connectivity index (χ1) is 20.5. The highest BCUT2D eigenvalue weighted by Crippen LogP contribution is 2.32. The van der Waals surface area contributed by atoms with Crippen LogP contribution in [-0.2, 0) is 35.1 Å². The molecule has 2 N–H and O–H groups in total. The summed E-state index contributed by atoms with van der Waals surface area (Å²) in [6, 6.07) is 8.49. The summed E-state index contributed by atoms with van der Waals surface area (Å²) in [6.07, 6.45) is 10.7. The number of esters is 1. The van der Waals surface area contributed by atoms with Crippen LogP contribution in [-0.4, -0.2) is 59.7 Å². The van der Waals surface area contributed by atoms with Crippen molar-refractivity contribution in [3.63, 3.8) is 0 Å². The molecule has 9 nitrogen and oxygen atoms in total. The maximum absolute atomic E-state index is 13.5. The van der Waals surface area contributed by atoms with E-state index >= 15 is 0 Å². The van der Waals surface area contributed by atoms with Gasteiger partial charge in [0.05, 0.1) is 19.3 Å². The summed E-state index contributed by atoms with van der Waals surface area (Å²) in [7, 11) is 0. The van der Waals surface area contributed by atoms with Crippen LogP contribution in [0.2, 0.25) is 0 Å². The maximum atomic E-state index is 13.5. The van der Waals surface area contributed by atoms with Gasteiger partial charge in [-0.1, -0.05) is 102 Å². The predicted octanol–water partition coefficient (Wildman–Crippen LogP) is 7.20. The number of carbonyl (C=O) groups excluding carboxylic acids is 2. The van der Waals surface area contributed by atoms with Crippen LogP contribution in [0.4, 0.5) is 4.79 Å². The Balaban J connectivity index is 1.97. The Morgan fingerprint density at radius 2 is 1.56 bits per heavy atom. The molecule has 1 amide bonds. The summed E-state index contributed by atoms with van der Waals surface area (Å²) in [5.74, 6) is -1.70. The molecule has 0 aliphatic carbocycles. The van der Waals surface area contributed by atoms with Crippen molar-refractivity contribution in [2.24, 2.45) is 5.92 Å². The van der Waals surface area contributed by atoms with Crippen LogP contribution in [0.5, 0.6) is 0 Å². The van der Waals surface area contributed by atoms with Crippen molar-refractivity contribution in [3.8, 4) is 0 Å². The molecule has 9 heteroatoms. The monoisotopic (exact) mass is 605 g/mol. The molecule has 0 aromatic heterocycles. The molecule has 1 aliphatic heterocycles. The molecule has 1 aromatic carbocycles. The van der Waals surface area contributed by atoms with Gasteiger partial charge in [-0.25, -0.2) is 14.4 Å². The SMILES string of the molecule is CCCCCCCCCCCC[C@@H](OC(=O)[C@H](COCc1ccccc1)NC(=O)OC(C)(C)C)[C@H](C)C[C@H]1O[C@@H]1C(=O)O. The molecule has 0 radical (unpaired) electrons. The van der Waals surface area contributed by atoms with Crippen LogP contribution in [0.3, 0.4) is 0 Å². The van der Waals surface area contributed by atoms with E-state index < -0.39 is 41.9 Å². The number of hydrogen-bond donors (Lipinski definition) is 2. The normalized spacial score (nSPS) is 18.3. The molecular weight excluding hydrogens is 550 g/mol. The standard InChI is InChI=1S/C34H55NO8/c1-6-7-8-9-10-11-12-13-14-18-21-28(25(2)22-29-30(41-29)31(36)37)42-32(38)27(35-33(39)43-34(3,4)5)24-40-23-26-19-16-15-17-20-26/h15-17,19-20,25,27-30H,6-14,18,21-24H2,1-5H3,(H,35,39)(H,36,37)/t25-,27+,28-,29-,30+/m1/s1. The van der Waals surface area contributed by atoms with Gasteiger partial charge in [-0.3, -0.25) is 0 Å². The number of epoxide rings is 1. The predicted molar refractivity (Wildman–Crippen MR) is 166 cm³/mol. The first-order valence-corrected chi connectivity index (χ1v) is 16.2. The van der Waals surface area contributed by atoms with Gasteiger partial charge in [0.1, 0.15) is 11.7 Å². The number of nitrogens with one attached hydrogen (secondary N) is 1. The summed E-state index contributed by atoms with van der Waals surface area (Å²) in [5, 5.41) is 11.9. The Bertz CT molecular complexity index is 947. The average Bonchev–Trinajstić information content (AvgIpc) is 3.71. The second-order valence-corrected chi connectivity index (χ2v) is 12.8. The van der Waals surface area contributed by atoms with Crippen LogP contribution in [0.15, 0.2) is 30.3 Å². The molecular formula is C34H55NO8. The molecule has 0 unspecified atom stereocenters. The zero-order valence-corrected chi connectivity index (χ0v) is 27.0. The number of aliphatic carboxylic acids is 1. The molecule has 1 saturated heterocycles. The number of carbonyl (C=O) groups is 3. The molecule has 2 rings (SSSR count). The minimum absolute atomic E-state index is 0.0842. The molecule has 0 bridgehead atoms. The number of ether oxygens (including phenoxy) is 4. The number of carboxylic acids is 1. The Morgan fingerprint density at radius 1 is 0.953 bits per heavy atom. The van der Waals surface area contributed by atoms with Crippen LogP contribution < -0.4 is 5.32 Å². The lowest BCUT2D eigenvalue weighted by atomic mass is 9.93. The minimum atomic E-state index is -1.06. The van der Waals surface area contributed by atoms with Crippen LogP contribution >= 0.6 is 0 Å². The second kappa shape index (κ2) is 19.6. The Kier molecular flexibility index (Phi) is 16.6. The number of amides is 1. The maximum Gasteiger partial charge on any atom is 0.408 e. The van der Waals surface area contributed by atoms with E-state index in [4.69, 9.17) is 18.9 Å². The number of benzene rings is 1. The quantitative estimate of drug-likeness (QED) is 0.0808. The number of unbranched alkanes of at least 4 members (excludes halogenated alkanes) is 9. The van der Waals surface area contributed by atoms with Gasteiger partial charge in [0.15, 0.2) is 12.1 Å². The number of rotatable bonds is 22. The summed E-state index contributed by atoms with van der Waals surface area (Å²) < 4.78 is 22.5. The smallest absolute Gasteiger partial charge is 0.408 e. The van der Waals surface area contributed by atoms with Crippen molar-refractivity contribution in [2.75, 3.05) is 6.61 Å². The fourth-order valence-electron chi connectivity index (χ4n) is 5.07. The zero-order valence-electron chi connectivity index (χ0n) is 27.0. The molecule has 1 aliphatic rings. The molecule has 43 heavy (non-hydrogen) atoms. The van der Waals surface area contributed by atoms with Gasteiger partial charge in [0.25, 0.3) is 0 Å². The molecule has 0 spiro atoms. The lowest BCUT2D eigenvalue weighted by Crippen LogP contribution is -2.48. The van der Waals surface area contributed by atoms with E-state index in [1.165, 1.54) is 44.9 Å². The lowest BCUT2D eigenvalue weighted by Gasteiger charge is -2.27. The van der Waals surface area contributed by atoms with Gasteiger partial charge < -0.3 is 29.4 Å². The highest BCUT2D eigenvalue weighted by atomic mass is 16.6. The van der Waals surface area contributed by atoms with E-state index in [1.54, 1.807) is 20.8 Å². The summed E-state index contributed by atoms with van der Waals surface area (Å²) in [6.45, 7) is 9.62. The van der Waals surface area contributed by atoms with Crippen molar-refractivity contribution >= 4 is 18.0 Å². The van der Waals surface area contributed by atoms with Crippen molar-refractivity contribution in [1.29, 1.82) is 0 Å². The Morgan fingerprint density at radius 3 is 2.12 bits per heavy atom.